The summed E-state index contributed by atoms with van der Waals surface area (Å²) in [6, 6.07) is 96.7. The number of nitrogens with zero attached hydrogens (tertiary/aromatic N) is 2. The number of furan rings is 1. The molecule has 332 valence electrons. The molecule has 0 aliphatic rings. The van der Waals surface area contributed by atoms with Crippen LogP contribution in [-0.4, -0.2) is 4.57 Å². The molecule has 14 rings (SSSR count). The molecule has 71 heavy (non-hydrogen) atoms. The highest BCUT2D eigenvalue weighted by molar-refractivity contribution is 6.15. The molecular formula is C68H44N2O. The van der Waals surface area contributed by atoms with Crippen LogP contribution in [-0.2, 0) is 0 Å². The van der Waals surface area contributed by atoms with Crippen LogP contribution in [0.5, 0.6) is 0 Å². The van der Waals surface area contributed by atoms with Crippen LogP contribution in [0.4, 0.5) is 17.1 Å². The predicted molar refractivity (Wildman–Crippen MR) is 299 cm³/mol. The first-order valence-corrected chi connectivity index (χ1v) is 24.3. The lowest BCUT2D eigenvalue weighted by atomic mass is 9.95. The average Bonchev–Trinajstić information content (AvgIpc) is 3.99. The summed E-state index contributed by atoms with van der Waals surface area (Å²) in [4.78, 5) is 2.37. The van der Waals surface area contributed by atoms with E-state index in [1.165, 1.54) is 54.7 Å². The molecule has 2 heterocycles. The van der Waals surface area contributed by atoms with Gasteiger partial charge in [0.15, 0.2) is 0 Å². The van der Waals surface area contributed by atoms with Gasteiger partial charge in [-0.25, -0.2) is 0 Å². The first-order chi connectivity index (χ1) is 35.2. The molecule has 0 unspecified atom stereocenters. The number of hydrogen-bond donors (Lipinski definition) is 0. The molecule has 3 nitrogen and oxygen atoms in total. The molecule has 0 spiro atoms. The molecular weight excluding hydrogens is 861 g/mol. The smallest absolute Gasteiger partial charge is 0.143 e. The van der Waals surface area contributed by atoms with Crippen molar-refractivity contribution in [2.75, 3.05) is 4.90 Å². The third kappa shape index (κ3) is 6.97. The van der Waals surface area contributed by atoms with Gasteiger partial charge < -0.3 is 13.9 Å². The van der Waals surface area contributed by atoms with E-state index in [2.05, 4.69) is 276 Å². The lowest BCUT2D eigenvalue weighted by Crippen LogP contribution is -2.10. The van der Waals surface area contributed by atoms with Gasteiger partial charge in [-0.1, -0.05) is 182 Å². The van der Waals surface area contributed by atoms with E-state index in [9.17, 15) is 0 Å². The van der Waals surface area contributed by atoms with Crippen molar-refractivity contribution in [3.8, 4) is 50.2 Å². The minimum absolute atomic E-state index is 0.883. The van der Waals surface area contributed by atoms with Crippen LogP contribution in [0.2, 0.25) is 0 Å². The van der Waals surface area contributed by atoms with Crippen molar-refractivity contribution >= 4 is 82.4 Å². The molecule has 2 aromatic heterocycles. The molecule has 0 amide bonds. The molecule has 0 saturated heterocycles. The number of para-hydroxylation sites is 2. The first-order valence-electron chi connectivity index (χ1n) is 24.3. The topological polar surface area (TPSA) is 21.3 Å². The summed E-state index contributed by atoms with van der Waals surface area (Å²) in [6.45, 7) is 0. The predicted octanol–water partition coefficient (Wildman–Crippen LogP) is 19.1. The Kier molecular flexibility index (Phi) is 9.53. The third-order valence-electron chi connectivity index (χ3n) is 14.4. The van der Waals surface area contributed by atoms with Crippen LogP contribution < -0.4 is 4.90 Å². The summed E-state index contributed by atoms with van der Waals surface area (Å²) in [5.74, 6) is 0. The second-order valence-electron chi connectivity index (χ2n) is 18.5. The van der Waals surface area contributed by atoms with E-state index in [0.717, 1.165) is 77.9 Å². The maximum Gasteiger partial charge on any atom is 0.143 e. The van der Waals surface area contributed by atoms with Gasteiger partial charge >= 0.3 is 0 Å². The molecule has 14 aromatic rings. The fourth-order valence-electron chi connectivity index (χ4n) is 10.9. The summed E-state index contributed by atoms with van der Waals surface area (Å²) in [7, 11) is 0. The Morgan fingerprint density at radius 1 is 0.282 bits per heavy atom. The van der Waals surface area contributed by atoms with Crippen molar-refractivity contribution in [2.45, 2.75) is 0 Å². The third-order valence-corrected chi connectivity index (χ3v) is 14.4. The van der Waals surface area contributed by atoms with Crippen molar-refractivity contribution in [3.63, 3.8) is 0 Å². The normalized spacial score (nSPS) is 11.7. The van der Waals surface area contributed by atoms with Crippen molar-refractivity contribution in [1.82, 2.24) is 4.57 Å². The minimum Gasteiger partial charge on any atom is -0.455 e. The summed E-state index contributed by atoms with van der Waals surface area (Å²) >= 11 is 0. The van der Waals surface area contributed by atoms with Gasteiger partial charge in [0.25, 0.3) is 0 Å². The van der Waals surface area contributed by atoms with Gasteiger partial charge in [-0.05, 0) is 146 Å². The Hall–Kier alpha value is -9.44. The van der Waals surface area contributed by atoms with Crippen molar-refractivity contribution in [1.29, 1.82) is 0 Å². The van der Waals surface area contributed by atoms with Crippen LogP contribution in [0, 0.1) is 0 Å². The van der Waals surface area contributed by atoms with Crippen LogP contribution in [0.3, 0.4) is 0 Å². The summed E-state index contributed by atoms with van der Waals surface area (Å²) in [5.41, 5.74) is 17.9. The summed E-state index contributed by atoms with van der Waals surface area (Å²) in [6.07, 6.45) is 0. The molecule has 0 fully saturated rings. The van der Waals surface area contributed by atoms with E-state index in [-0.39, 0.29) is 0 Å². The molecule has 0 atom stereocenters. The van der Waals surface area contributed by atoms with E-state index in [1.54, 1.807) is 0 Å². The van der Waals surface area contributed by atoms with E-state index in [1.807, 2.05) is 0 Å². The number of benzene rings is 12. The van der Waals surface area contributed by atoms with Gasteiger partial charge in [-0.3, -0.25) is 0 Å². The highest BCUT2D eigenvalue weighted by atomic mass is 16.3. The molecule has 12 aromatic carbocycles. The fourth-order valence-corrected chi connectivity index (χ4v) is 10.9. The highest BCUT2D eigenvalue weighted by Crippen LogP contribution is 2.42. The number of hydrogen-bond acceptors (Lipinski definition) is 2. The van der Waals surface area contributed by atoms with Crippen molar-refractivity contribution in [2.24, 2.45) is 0 Å². The Morgan fingerprint density at radius 3 is 1.51 bits per heavy atom. The Morgan fingerprint density at radius 2 is 0.789 bits per heavy atom. The van der Waals surface area contributed by atoms with Gasteiger partial charge in [-0.15, -0.1) is 0 Å². The van der Waals surface area contributed by atoms with E-state index in [0.29, 0.717) is 0 Å². The largest absolute Gasteiger partial charge is 0.455 e. The molecule has 0 aliphatic heterocycles. The minimum atomic E-state index is 0.883. The van der Waals surface area contributed by atoms with E-state index >= 15 is 0 Å². The van der Waals surface area contributed by atoms with Crippen molar-refractivity contribution < 1.29 is 4.42 Å². The zero-order chi connectivity index (χ0) is 46.8. The Bertz CT molecular complexity index is 4290. The zero-order valence-corrected chi connectivity index (χ0v) is 38.7. The fraction of sp³-hybridized carbons (Fsp3) is 0. The molecule has 3 heteroatoms. The molecule has 0 N–H and O–H groups in total. The Labute approximate surface area is 411 Å². The van der Waals surface area contributed by atoms with Gasteiger partial charge in [0, 0.05) is 49.7 Å². The number of anilines is 3. The van der Waals surface area contributed by atoms with E-state index < -0.39 is 0 Å². The lowest BCUT2D eigenvalue weighted by Gasteiger charge is -2.26. The van der Waals surface area contributed by atoms with Gasteiger partial charge in [0.05, 0.1) is 11.0 Å². The van der Waals surface area contributed by atoms with Crippen LogP contribution in [0.1, 0.15) is 0 Å². The summed E-state index contributed by atoms with van der Waals surface area (Å²) in [5, 5.41) is 9.58. The van der Waals surface area contributed by atoms with Crippen LogP contribution in [0.15, 0.2) is 271 Å². The maximum absolute atomic E-state index is 6.65. The second-order valence-corrected chi connectivity index (χ2v) is 18.5. The van der Waals surface area contributed by atoms with Gasteiger partial charge in [-0.2, -0.15) is 0 Å². The molecule has 0 radical (unpaired) electrons. The highest BCUT2D eigenvalue weighted by Gasteiger charge is 2.18. The SMILES string of the molecule is c1cc(-c2ccc(N(c3ccc(-c4cccc(-n5c6ccccc6c6ccccc65)c4)cc3)c3cccc(-c4ccc5c(c4)oc4c6ccccc6ccc54)c3)cc2)cc(-c2cccc3ccccc23)c1. The summed E-state index contributed by atoms with van der Waals surface area (Å²) < 4.78 is 9.03. The van der Waals surface area contributed by atoms with Gasteiger partial charge in [0.2, 0.25) is 0 Å². The van der Waals surface area contributed by atoms with Crippen LogP contribution >= 0.6 is 0 Å². The number of aromatic nitrogens is 1. The molecule has 0 saturated carbocycles. The number of fused-ring (bicyclic) bond motifs is 9. The second kappa shape index (κ2) is 16.7. The monoisotopic (exact) mass is 904 g/mol. The number of rotatable bonds is 8. The average molecular weight is 905 g/mol. The van der Waals surface area contributed by atoms with E-state index in [4.69, 9.17) is 4.42 Å². The zero-order valence-electron chi connectivity index (χ0n) is 38.7. The first kappa shape index (κ1) is 40.6. The standard InChI is InChI=1S/C68H44N2O/c1-3-22-58-47(13-1)15-12-26-59(58)53-19-9-16-49(41-53)45-29-35-54(36-30-45)69(56-20-11-18-51(43-56)52-34-39-63-64-40-33-48-14-2-4-23-60(48)68(64)71-67(63)44-52)55-37-31-46(32-38-55)50-17-10-21-57(42-50)70-65-27-7-5-24-61(65)62-25-6-8-28-66(62)70/h1-44H. The molecule has 0 aliphatic carbocycles. The lowest BCUT2D eigenvalue weighted by molar-refractivity contribution is 0.673. The maximum atomic E-state index is 6.65. The Balaban J connectivity index is 0.849. The van der Waals surface area contributed by atoms with Crippen molar-refractivity contribution in [3.05, 3.63) is 267 Å². The quantitative estimate of drug-likeness (QED) is 0.151. The van der Waals surface area contributed by atoms with Gasteiger partial charge in [0.1, 0.15) is 11.2 Å². The molecule has 0 bridgehead atoms. The van der Waals surface area contributed by atoms with Crippen LogP contribution in [0.25, 0.3) is 115 Å².